The zero-order chi connectivity index (χ0) is 13.8. The van der Waals surface area contributed by atoms with E-state index in [2.05, 4.69) is 0 Å². The van der Waals surface area contributed by atoms with E-state index in [0.29, 0.717) is 11.3 Å². The predicted molar refractivity (Wildman–Crippen MR) is 71.6 cm³/mol. The molecule has 0 atom stereocenters. The lowest BCUT2D eigenvalue weighted by Gasteiger charge is -2.11. The van der Waals surface area contributed by atoms with Gasteiger partial charge < -0.3 is 9.47 Å². The third-order valence-corrected chi connectivity index (χ3v) is 2.79. The van der Waals surface area contributed by atoms with Crippen LogP contribution in [-0.4, -0.2) is 19.1 Å². The van der Waals surface area contributed by atoms with E-state index in [4.69, 9.17) is 9.47 Å². The van der Waals surface area contributed by atoms with Gasteiger partial charge >= 0.3 is 5.69 Å². The van der Waals surface area contributed by atoms with Gasteiger partial charge in [0.1, 0.15) is 0 Å². The van der Waals surface area contributed by atoms with Gasteiger partial charge in [-0.15, -0.1) is 0 Å². The van der Waals surface area contributed by atoms with Crippen molar-refractivity contribution < 1.29 is 14.4 Å². The summed E-state index contributed by atoms with van der Waals surface area (Å²) in [5.41, 5.74) is 1.17. The van der Waals surface area contributed by atoms with Crippen LogP contribution >= 0.6 is 0 Å². The van der Waals surface area contributed by atoms with Gasteiger partial charge in [-0.25, -0.2) is 0 Å². The fraction of sp³-hybridized carbons (Fsp3) is 0.143. The number of nitro benzene ring substituents is 1. The second-order valence-electron chi connectivity index (χ2n) is 3.82. The first-order valence-corrected chi connectivity index (χ1v) is 5.63. The fourth-order valence-electron chi connectivity index (χ4n) is 1.94. The van der Waals surface area contributed by atoms with Crippen molar-refractivity contribution in [2.75, 3.05) is 14.2 Å². The van der Waals surface area contributed by atoms with E-state index in [1.807, 2.05) is 30.3 Å². The SMILES string of the molecule is COc1ccc(-c2ccccc2)c([N+](=O)[O-])c1OC. The van der Waals surface area contributed by atoms with Crippen LogP contribution in [0, 0.1) is 10.1 Å². The normalized spacial score (nSPS) is 10.0. The Kier molecular flexibility index (Phi) is 3.66. The minimum absolute atomic E-state index is 0.0898. The van der Waals surface area contributed by atoms with E-state index in [-0.39, 0.29) is 11.4 Å². The molecule has 0 unspecified atom stereocenters. The van der Waals surface area contributed by atoms with Gasteiger partial charge in [0, 0.05) is 0 Å². The Morgan fingerprint density at radius 2 is 1.68 bits per heavy atom. The molecule has 19 heavy (non-hydrogen) atoms. The van der Waals surface area contributed by atoms with Crippen molar-refractivity contribution in [3.05, 3.63) is 52.6 Å². The lowest BCUT2D eigenvalue weighted by atomic mass is 10.0. The zero-order valence-electron chi connectivity index (χ0n) is 10.6. The second-order valence-corrected chi connectivity index (χ2v) is 3.82. The Morgan fingerprint density at radius 3 is 2.21 bits per heavy atom. The molecule has 0 aromatic heterocycles. The zero-order valence-corrected chi connectivity index (χ0v) is 10.6. The van der Waals surface area contributed by atoms with Gasteiger partial charge in [0.2, 0.25) is 5.75 Å². The Labute approximate surface area is 110 Å². The maximum atomic E-state index is 11.3. The molecule has 2 aromatic rings. The number of nitro groups is 1. The molecule has 0 aliphatic carbocycles. The molecule has 2 aromatic carbocycles. The highest BCUT2D eigenvalue weighted by atomic mass is 16.6. The Morgan fingerprint density at radius 1 is 1.00 bits per heavy atom. The highest BCUT2D eigenvalue weighted by molar-refractivity contribution is 5.79. The summed E-state index contributed by atoms with van der Waals surface area (Å²) >= 11 is 0. The van der Waals surface area contributed by atoms with Gasteiger partial charge in [0.25, 0.3) is 0 Å². The molecular weight excluding hydrogens is 246 g/mol. The summed E-state index contributed by atoms with van der Waals surface area (Å²) in [7, 11) is 2.84. The van der Waals surface area contributed by atoms with Crippen molar-refractivity contribution in [1.29, 1.82) is 0 Å². The topological polar surface area (TPSA) is 61.6 Å². The highest BCUT2D eigenvalue weighted by Crippen LogP contribution is 2.43. The van der Waals surface area contributed by atoms with E-state index in [9.17, 15) is 10.1 Å². The minimum atomic E-state index is -0.455. The van der Waals surface area contributed by atoms with Crippen LogP contribution < -0.4 is 9.47 Å². The molecule has 5 heteroatoms. The number of hydrogen-bond acceptors (Lipinski definition) is 4. The molecule has 2 rings (SSSR count). The molecule has 0 fully saturated rings. The quantitative estimate of drug-likeness (QED) is 0.624. The largest absolute Gasteiger partial charge is 0.493 e. The minimum Gasteiger partial charge on any atom is -0.493 e. The Balaban J connectivity index is 2.72. The van der Waals surface area contributed by atoms with Crippen LogP contribution in [0.1, 0.15) is 0 Å². The van der Waals surface area contributed by atoms with E-state index >= 15 is 0 Å². The molecule has 98 valence electrons. The van der Waals surface area contributed by atoms with Gasteiger partial charge in [-0.2, -0.15) is 0 Å². The van der Waals surface area contributed by atoms with Crippen LogP contribution in [0.2, 0.25) is 0 Å². The summed E-state index contributed by atoms with van der Waals surface area (Å²) in [6.07, 6.45) is 0. The summed E-state index contributed by atoms with van der Waals surface area (Å²) in [4.78, 5) is 10.9. The van der Waals surface area contributed by atoms with Gasteiger partial charge in [-0.05, 0) is 17.7 Å². The van der Waals surface area contributed by atoms with Crippen molar-refractivity contribution >= 4 is 5.69 Å². The third-order valence-electron chi connectivity index (χ3n) is 2.79. The molecule has 0 spiro atoms. The summed E-state index contributed by atoms with van der Waals surface area (Å²) in [6.45, 7) is 0. The molecule has 0 radical (unpaired) electrons. The van der Waals surface area contributed by atoms with Crippen LogP contribution in [0.25, 0.3) is 11.1 Å². The number of nitrogens with zero attached hydrogens (tertiary/aromatic N) is 1. The van der Waals surface area contributed by atoms with E-state index < -0.39 is 4.92 Å². The average molecular weight is 259 g/mol. The molecule has 0 saturated heterocycles. The second kappa shape index (κ2) is 5.39. The maximum absolute atomic E-state index is 11.3. The molecule has 0 amide bonds. The number of benzene rings is 2. The van der Waals surface area contributed by atoms with Crippen LogP contribution in [0.5, 0.6) is 11.5 Å². The van der Waals surface area contributed by atoms with Crippen molar-refractivity contribution in [3.8, 4) is 22.6 Å². The molecule has 0 saturated carbocycles. The van der Waals surface area contributed by atoms with Gasteiger partial charge in [-0.1, -0.05) is 30.3 Å². The third kappa shape index (κ3) is 2.35. The van der Waals surface area contributed by atoms with E-state index in [1.54, 1.807) is 12.1 Å². The number of hydrogen-bond donors (Lipinski definition) is 0. The smallest absolute Gasteiger partial charge is 0.322 e. The number of rotatable bonds is 4. The molecule has 0 aliphatic rings. The van der Waals surface area contributed by atoms with E-state index in [0.717, 1.165) is 5.56 Å². The molecule has 5 nitrogen and oxygen atoms in total. The molecular formula is C14H13NO4. The summed E-state index contributed by atoms with van der Waals surface area (Å²) < 4.78 is 10.2. The number of ether oxygens (including phenoxy) is 2. The van der Waals surface area contributed by atoms with Crippen molar-refractivity contribution in [2.24, 2.45) is 0 Å². The van der Waals surface area contributed by atoms with Crippen LogP contribution in [0.4, 0.5) is 5.69 Å². The lowest BCUT2D eigenvalue weighted by molar-refractivity contribution is -0.385. The maximum Gasteiger partial charge on any atom is 0.322 e. The summed E-state index contributed by atoms with van der Waals surface area (Å²) in [5.74, 6) is 0.475. The number of methoxy groups -OCH3 is 2. The molecule has 0 aliphatic heterocycles. The first kappa shape index (κ1) is 12.9. The Bertz CT molecular complexity index is 596. The lowest BCUT2D eigenvalue weighted by Crippen LogP contribution is -1.99. The first-order chi connectivity index (χ1) is 9.19. The first-order valence-electron chi connectivity index (χ1n) is 5.63. The fourth-order valence-corrected chi connectivity index (χ4v) is 1.94. The predicted octanol–water partition coefficient (Wildman–Crippen LogP) is 3.28. The molecule has 0 heterocycles. The van der Waals surface area contributed by atoms with Crippen LogP contribution in [-0.2, 0) is 0 Å². The summed E-state index contributed by atoms with van der Waals surface area (Å²) in [5, 5.41) is 11.3. The monoisotopic (exact) mass is 259 g/mol. The highest BCUT2D eigenvalue weighted by Gasteiger charge is 2.25. The Hall–Kier alpha value is -2.56. The van der Waals surface area contributed by atoms with Crippen molar-refractivity contribution in [1.82, 2.24) is 0 Å². The van der Waals surface area contributed by atoms with Gasteiger partial charge in [0.15, 0.2) is 5.75 Å². The van der Waals surface area contributed by atoms with Crippen molar-refractivity contribution in [2.45, 2.75) is 0 Å². The van der Waals surface area contributed by atoms with Crippen molar-refractivity contribution in [3.63, 3.8) is 0 Å². The van der Waals surface area contributed by atoms with Crippen LogP contribution in [0.3, 0.4) is 0 Å². The average Bonchev–Trinajstić information content (AvgIpc) is 2.46. The van der Waals surface area contributed by atoms with Crippen LogP contribution in [0.15, 0.2) is 42.5 Å². The van der Waals surface area contributed by atoms with Gasteiger partial charge in [0.05, 0.1) is 24.7 Å². The molecule has 0 bridgehead atoms. The standard InChI is InChI=1S/C14H13NO4/c1-18-12-9-8-11(10-6-4-3-5-7-10)13(15(16)17)14(12)19-2/h3-9H,1-2H3. The molecule has 0 N–H and O–H groups in total. The summed E-state index contributed by atoms with van der Waals surface area (Å²) in [6, 6.07) is 12.5. The van der Waals surface area contributed by atoms with Gasteiger partial charge in [-0.3, -0.25) is 10.1 Å². The van der Waals surface area contributed by atoms with E-state index in [1.165, 1.54) is 14.2 Å².